The van der Waals surface area contributed by atoms with E-state index >= 15 is 0 Å². The van der Waals surface area contributed by atoms with Gasteiger partial charge in [-0.05, 0) is 168 Å². The molecule has 7 nitrogen and oxygen atoms in total. The Labute approximate surface area is 308 Å². The lowest BCUT2D eigenvalue weighted by atomic mass is 10.1. The molecule has 0 amide bonds. The van der Waals surface area contributed by atoms with Gasteiger partial charge in [-0.1, -0.05) is 35.4 Å². The van der Waals surface area contributed by atoms with E-state index in [1.54, 1.807) is 24.3 Å². The summed E-state index contributed by atoms with van der Waals surface area (Å²) in [5.41, 5.74) is -0.277. The maximum atomic E-state index is 14.6. The van der Waals surface area contributed by atoms with Gasteiger partial charge in [0.25, 0.3) is 0 Å². The smallest absolute Gasteiger partial charge is 0.307 e. The molecule has 4 rings (SSSR count). The first kappa shape index (κ1) is 40.1. The van der Waals surface area contributed by atoms with Crippen LogP contribution in [-0.2, 0) is 13.7 Å². The van der Waals surface area contributed by atoms with Crippen molar-refractivity contribution in [1.82, 2.24) is 0 Å². The van der Waals surface area contributed by atoms with Crippen molar-refractivity contribution in [3.63, 3.8) is 0 Å². The van der Waals surface area contributed by atoms with Crippen molar-refractivity contribution in [2.24, 2.45) is 0 Å². The molecule has 0 atom stereocenters. The average Bonchev–Trinajstić information content (AvgIpc) is 2.95. The summed E-state index contributed by atoms with van der Waals surface area (Å²) in [4.78, 5) is 1.90. The highest BCUT2D eigenvalue weighted by Crippen LogP contribution is 2.71. The molecule has 0 N–H and O–H groups in total. The molecule has 0 aliphatic carbocycles. The standard InChI is InChI=1S/C42H56O7S2/c1-29-15-19-31(20-16-29)50(49-51(43,44)32-21-17-30(2)18-22-32,33-23-25-35(45-39(3,4)5)37(27-33)47-41(9,10)11)34-24-26-36(46-40(6,7)8)38(28-34)48-42(12,13)14/h15-28H,1-14H3. The van der Waals surface area contributed by atoms with Crippen LogP contribution in [0.2, 0.25) is 0 Å². The van der Waals surface area contributed by atoms with Gasteiger partial charge in [0.05, 0.1) is 4.90 Å². The largest absolute Gasteiger partial charge is 0.484 e. The van der Waals surface area contributed by atoms with E-state index in [2.05, 4.69) is 0 Å². The van der Waals surface area contributed by atoms with Gasteiger partial charge in [-0.15, -0.1) is 0 Å². The number of aryl methyl sites for hydroxylation is 2. The van der Waals surface area contributed by atoms with Gasteiger partial charge < -0.3 is 18.9 Å². The lowest BCUT2D eigenvalue weighted by Crippen LogP contribution is -2.27. The molecular weight excluding hydrogens is 681 g/mol. The number of hydrogen-bond acceptors (Lipinski definition) is 7. The summed E-state index contributed by atoms with van der Waals surface area (Å²) >= 11 is 0. The highest BCUT2D eigenvalue weighted by Gasteiger charge is 2.40. The molecular formula is C42H56O7S2. The van der Waals surface area contributed by atoms with Gasteiger partial charge in [0.2, 0.25) is 0 Å². The van der Waals surface area contributed by atoms with Crippen LogP contribution in [0.15, 0.2) is 105 Å². The Kier molecular flexibility index (Phi) is 11.3. The lowest BCUT2D eigenvalue weighted by molar-refractivity contribution is 0.0953. The molecule has 0 saturated heterocycles. The van der Waals surface area contributed by atoms with E-state index < -0.39 is 42.8 Å². The van der Waals surface area contributed by atoms with Crippen molar-refractivity contribution in [3.05, 3.63) is 96.1 Å². The molecule has 0 radical (unpaired) electrons. The Morgan fingerprint density at radius 1 is 0.392 bits per heavy atom. The van der Waals surface area contributed by atoms with Crippen LogP contribution in [0.4, 0.5) is 0 Å². The molecule has 0 unspecified atom stereocenters. The summed E-state index contributed by atoms with van der Waals surface area (Å²) in [6.45, 7) is 27.5. The van der Waals surface area contributed by atoms with Gasteiger partial charge >= 0.3 is 10.1 Å². The van der Waals surface area contributed by atoms with E-state index in [0.717, 1.165) is 11.1 Å². The third-order valence-electron chi connectivity index (χ3n) is 7.01. The predicted octanol–water partition coefficient (Wildman–Crippen LogP) is 11.6. The number of rotatable bonds is 10. The van der Waals surface area contributed by atoms with Crippen molar-refractivity contribution in [2.75, 3.05) is 0 Å². The molecule has 0 saturated carbocycles. The van der Waals surface area contributed by atoms with Gasteiger partial charge in [-0.25, -0.2) is 3.63 Å². The quantitative estimate of drug-likeness (QED) is 0.160. The van der Waals surface area contributed by atoms with E-state index in [0.29, 0.717) is 37.7 Å². The minimum absolute atomic E-state index is 0.0507. The van der Waals surface area contributed by atoms with Crippen LogP contribution < -0.4 is 18.9 Å². The fourth-order valence-electron chi connectivity index (χ4n) is 5.12. The van der Waals surface area contributed by atoms with Crippen molar-refractivity contribution >= 4 is 20.4 Å². The fraction of sp³-hybridized carbons (Fsp3) is 0.429. The molecule has 0 heterocycles. The van der Waals surface area contributed by atoms with Crippen LogP contribution in [0.25, 0.3) is 0 Å². The maximum absolute atomic E-state index is 14.6. The Bertz CT molecular complexity index is 1840. The first-order chi connectivity index (χ1) is 23.3. The molecule has 9 heteroatoms. The highest BCUT2D eigenvalue weighted by molar-refractivity contribution is 8.33. The molecule has 0 spiro atoms. The average molecular weight is 737 g/mol. The monoisotopic (exact) mass is 736 g/mol. The van der Waals surface area contributed by atoms with E-state index in [1.807, 2.05) is 158 Å². The summed E-state index contributed by atoms with van der Waals surface area (Å²) in [7, 11) is -7.47. The molecule has 0 aliphatic heterocycles. The Morgan fingerprint density at radius 3 is 1.02 bits per heavy atom. The first-order valence-electron chi connectivity index (χ1n) is 17.2. The van der Waals surface area contributed by atoms with Crippen LogP contribution in [0.5, 0.6) is 23.0 Å². The summed E-state index contributed by atoms with van der Waals surface area (Å²) < 4.78 is 61.7. The summed E-state index contributed by atoms with van der Waals surface area (Å²) in [5.74, 6) is 2.00. The van der Waals surface area contributed by atoms with Gasteiger partial charge in [0.15, 0.2) is 23.0 Å². The molecule has 51 heavy (non-hydrogen) atoms. The Morgan fingerprint density at radius 2 is 0.686 bits per heavy atom. The van der Waals surface area contributed by atoms with Crippen molar-refractivity contribution in [3.8, 4) is 23.0 Å². The molecule has 278 valence electrons. The van der Waals surface area contributed by atoms with Crippen molar-refractivity contribution in [2.45, 2.75) is 139 Å². The van der Waals surface area contributed by atoms with Crippen LogP contribution in [0.3, 0.4) is 0 Å². The third-order valence-corrected chi connectivity index (χ3v) is 12.2. The zero-order chi connectivity index (χ0) is 38.2. The second-order valence-corrected chi connectivity index (χ2v) is 21.2. The Hall–Kier alpha value is -3.66. The van der Waals surface area contributed by atoms with Crippen LogP contribution >= 0.6 is 10.3 Å². The van der Waals surface area contributed by atoms with Crippen molar-refractivity contribution < 1.29 is 31.0 Å². The predicted molar refractivity (Wildman–Crippen MR) is 207 cm³/mol. The summed E-state index contributed by atoms with van der Waals surface area (Å²) in [6, 6.07) is 25.6. The van der Waals surface area contributed by atoms with Crippen LogP contribution in [0, 0.1) is 13.8 Å². The molecule has 0 aromatic heterocycles. The molecule has 4 aromatic carbocycles. The van der Waals surface area contributed by atoms with E-state index in [1.165, 1.54) is 0 Å². The topological polar surface area (TPSA) is 80.3 Å². The van der Waals surface area contributed by atoms with Gasteiger partial charge in [-0.3, -0.25) is 0 Å². The number of benzene rings is 4. The van der Waals surface area contributed by atoms with Gasteiger partial charge in [0.1, 0.15) is 22.4 Å². The molecule has 0 aliphatic rings. The Balaban J connectivity index is 2.17. The second-order valence-electron chi connectivity index (χ2n) is 16.8. The van der Waals surface area contributed by atoms with Crippen molar-refractivity contribution in [1.29, 1.82) is 0 Å². The van der Waals surface area contributed by atoms with E-state index in [-0.39, 0.29) is 4.90 Å². The molecule has 0 fully saturated rings. The third kappa shape index (κ3) is 10.7. The fourth-order valence-corrected chi connectivity index (χ4v) is 10.3. The molecule has 0 bridgehead atoms. The molecule has 4 aromatic rings. The minimum atomic E-state index is -4.37. The second kappa shape index (κ2) is 14.4. The summed E-state index contributed by atoms with van der Waals surface area (Å²) in [5, 5.41) is 0. The zero-order valence-corrected chi connectivity index (χ0v) is 34.4. The van der Waals surface area contributed by atoms with Crippen LogP contribution in [-0.4, -0.2) is 30.8 Å². The SMILES string of the molecule is Cc1ccc(S(OS(=O)(=O)c2ccc(C)cc2)(c2ccc(OC(C)(C)C)c(OC(C)(C)C)c2)c2ccc(OC(C)(C)C)c(OC(C)(C)C)c2)cc1. The number of ether oxygens (including phenoxy) is 4. The lowest BCUT2D eigenvalue weighted by Gasteiger charge is -2.40. The number of hydrogen-bond donors (Lipinski definition) is 0. The maximum Gasteiger partial charge on any atom is 0.307 e. The van der Waals surface area contributed by atoms with Gasteiger partial charge in [-0.2, -0.15) is 8.42 Å². The van der Waals surface area contributed by atoms with Gasteiger partial charge in [0, 0.05) is 14.7 Å². The first-order valence-corrected chi connectivity index (χ1v) is 20.2. The highest BCUT2D eigenvalue weighted by atomic mass is 32.3. The summed E-state index contributed by atoms with van der Waals surface area (Å²) in [6.07, 6.45) is 0. The zero-order valence-electron chi connectivity index (χ0n) is 32.8. The van der Waals surface area contributed by atoms with Crippen LogP contribution in [0.1, 0.15) is 94.2 Å². The van der Waals surface area contributed by atoms with E-state index in [9.17, 15) is 8.42 Å². The normalized spacial score (nSPS) is 13.5. The van der Waals surface area contributed by atoms with E-state index in [4.69, 9.17) is 22.6 Å². The minimum Gasteiger partial charge on any atom is -0.484 e.